The van der Waals surface area contributed by atoms with Crippen molar-refractivity contribution in [2.24, 2.45) is 0 Å². The summed E-state index contributed by atoms with van der Waals surface area (Å²) in [6, 6.07) is 0. The Balaban J connectivity index is 4.00. The Hall–Kier alpha value is -1.66. The van der Waals surface area contributed by atoms with E-state index in [2.05, 4.69) is 22.9 Å². The Morgan fingerprint density at radius 2 is 1.68 bits per heavy atom. The van der Waals surface area contributed by atoms with Gasteiger partial charge in [-0.1, -0.05) is 26.0 Å². The lowest BCUT2D eigenvalue weighted by molar-refractivity contribution is -0.252. The number of carbonyl (C=O) groups excluding carboxylic acids is 2. The molecule has 0 aromatic heterocycles. The fourth-order valence-corrected chi connectivity index (χ4v) is 1.14. The Morgan fingerprint density at radius 1 is 1.11 bits per heavy atom. The highest BCUT2D eigenvalue weighted by Gasteiger charge is 2.20. The largest absolute Gasteiger partial charge is 0.396 e. The van der Waals surface area contributed by atoms with Crippen molar-refractivity contribution in [3.05, 3.63) is 24.3 Å². The van der Waals surface area contributed by atoms with Crippen LogP contribution in [0, 0.1) is 0 Å². The summed E-state index contributed by atoms with van der Waals surface area (Å²) >= 11 is 0. The van der Waals surface area contributed by atoms with E-state index in [1.54, 1.807) is 0 Å². The monoisotopic (exact) mass is 272 g/mol. The molecule has 1 atom stereocenters. The second-order valence-electron chi connectivity index (χ2n) is 4.14. The molecule has 0 aliphatic heterocycles. The Bertz CT molecular complexity index is 347. The van der Waals surface area contributed by atoms with Gasteiger partial charge in [-0.2, -0.15) is 0 Å². The molecule has 0 saturated heterocycles. The third-order valence-electron chi connectivity index (χ3n) is 2.34. The van der Waals surface area contributed by atoms with Crippen molar-refractivity contribution in [1.29, 1.82) is 0 Å². The van der Waals surface area contributed by atoms with Crippen molar-refractivity contribution >= 4 is 11.9 Å². The first-order valence-electron chi connectivity index (χ1n) is 5.96. The molecule has 0 amide bonds. The van der Waals surface area contributed by atoms with Gasteiger partial charge in [0.15, 0.2) is 0 Å². The zero-order valence-electron chi connectivity index (χ0n) is 11.1. The quantitative estimate of drug-likeness (QED) is 0.297. The molecule has 0 aromatic rings. The van der Waals surface area contributed by atoms with Gasteiger partial charge in [-0.3, -0.25) is 0 Å². The van der Waals surface area contributed by atoms with E-state index in [0.29, 0.717) is 19.3 Å². The minimum Gasteiger partial charge on any atom is -0.396 e. The van der Waals surface area contributed by atoms with Crippen LogP contribution in [0.25, 0.3) is 0 Å². The minimum absolute atomic E-state index is 0.0861. The summed E-state index contributed by atoms with van der Waals surface area (Å²) in [5.74, 6) is -1.86. The lowest BCUT2D eigenvalue weighted by atomic mass is 10.0. The van der Waals surface area contributed by atoms with Gasteiger partial charge in [-0.05, 0) is 19.8 Å². The second-order valence-corrected chi connectivity index (χ2v) is 4.14. The number of hydrogen-bond donors (Lipinski definition) is 2. The van der Waals surface area contributed by atoms with Crippen LogP contribution in [-0.4, -0.2) is 34.9 Å². The van der Waals surface area contributed by atoms with Crippen molar-refractivity contribution in [2.45, 2.75) is 38.7 Å². The number of unbranched alkanes of at least 4 members (excludes halogenated alkanes) is 2. The third kappa shape index (κ3) is 7.38. The van der Waals surface area contributed by atoms with Crippen LogP contribution in [0.4, 0.5) is 0 Å². The lowest BCUT2D eigenvalue weighted by Crippen LogP contribution is -2.21. The van der Waals surface area contributed by atoms with Crippen LogP contribution in [0.3, 0.4) is 0 Å². The highest BCUT2D eigenvalue weighted by atomic mass is 17.2. The molecule has 108 valence electrons. The highest BCUT2D eigenvalue weighted by Crippen LogP contribution is 2.11. The van der Waals surface area contributed by atoms with Crippen LogP contribution in [0.2, 0.25) is 0 Å². The molecule has 0 heterocycles. The van der Waals surface area contributed by atoms with Crippen LogP contribution in [0.15, 0.2) is 24.3 Å². The molecule has 0 aromatic carbocycles. The summed E-state index contributed by atoms with van der Waals surface area (Å²) < 4.78 is 0. The van der Waals surface area contributed by atoms with Gasteiger partial charge in [0.05, 0.1) is 11.7 Å². The fourth-order valence-electron chi connectivity index (χ4n) is 1.14. The van der Waals surface area contributed by atoms with Gasteiger partial charge in [0.25, 0.3) is 0 Å². The van der Waals surface area contributed by atoms with Gasteiger partial charge < -0.3 is 10.2 Å². The van der Waals surface area contributed by atoms with Gasteiger partial charge in [-0.25, -0.2) is 19.4 Å². The molecule has 1 unspecified atom stereocenters. The number of aliphatic hydroxyl groups excluding tert-OH is 2. The molecule has 0 rings (SSSR count). The van der Waals surface area contributed by atoms with Crippen LogP contribution >= 0.6 is 0 Å². The summed E-state index contributed by atoms with van der Waals surface area (Å²) in [5, 5.41) is 18.2. The van der Waals surface area contributed by atoms with E-state index < -0.39 is 18.0 Å². The van der Waals surface area contributed by atoms with Gasteiger partial charge in [0.1, 0.15) is 0 Å². The van der Waals surface area contributed by atoms with E-state index in [1.807, 2.05) is 0 Å². The summed E-state index contributed by atoms with van der Waals surface area (Å²) in [7, 11) is 0. The average Bonchev–Trinajstić information content (AvgIpc) is 2.39. The standard InChI is InChI=1S/C13H20O6/c1-9(2)12(16)18-19-13(17)10(3)11(15)7-5-4-6-8-14/h11,14-15H,1,3-8H2,2H3. The maximum absolute atomic E-state index is 11.4. The predicted octanol–water partition coefficient (Wildman–Crippen LogP) is 1.03. The molecule has 19 heavy (non-hydrogen) atoms. The average molecular weight is 272 g/mol. The molecule has 0 aliphatic rings. The van der Waals surface area contributed by atoms with Crippen LogP contribution in [-0.2, 0) is 19.4 Å². The van der Waals surface area contributed by atoms with E-state index >= 15 is 0 Å². The van der Waals surface area contributed by atoms with Crippen molar-refractivity contribution in [1.82, 2.24) is 0 Å². The number of hydrogen-bond acceptors (Lipinski definition) is 6. The zero-order valence-corrected chi connectivity index (χ0v) is 11.1. The summed E-state index contributed by atoms with van der Waals surface area (Å²) in [6.45, 7) is 8.20. The smallest absolute Gasteiger partial charge is 0.384 e. The van der Waals surface area contributed by atoms with E-state index in [9.17, 15) is 14.7 Å². The number of carbonyl (C=O) groups is 2. The van der Waals surface area contributed by atoms with Crippen molar-refractivity contribution < 1.29 is 29.6 Å². The van der Waals surface area contributed by atoms with Gasteiger partial charge in [0.2, 0.25) is 0 Å². The number of rotatable bonds is 8. The SMILES string of the molecule is C=C(C)C(=O)OOC(=O)C(=C)C(O)CCCCCO. The first-order valence-corrected chi connectivity index (χ1v) is 5.96. The molecule has 0 radical (unpaired) electrons. The zero-order chi connectivity index (χ0) is 14.8. The summed E-state index contributed by atoms with van der Waals surface area (Å²) in [4.78, 5) is 30.8. The number of aliphatic hydroxyl groups is 2. The Labute approximate surface area is 112 Å². The first-order chi connectivity index (χ1) is 8.90. The van der Waals surface area contributed by atoms with Crippen molar-refractivity contribution in [3.63, 3.8) is 0 Å². The third-order valence-corrected chi connectivity index (χ3v) is 2.34. The highest BCUT2D eigenvalue weighted by molar-refractivity contribution is 5.90. The Kier molecular flexibility index (Phi) is 8.48. The molecule has 0 bridgehead atoms. The van der Waals surface area contributed by atoms with E-state index in [1.165, 1.54) is 6.92 Å². The summed E-state index contributed by atoms with van der Waals surface area (Å²) in [6.07, 6.45) is 1.28. The molecular formula is C13H20O6. The van der Waals surface area contributed by atoms with Gasteiger partial charge >= 0.3 is 11.9 Å². The summed E-state index contributed by atoms with van der Waals surface area (Å²) in [5.41, 5.74) is -0.0959. The Morgan fingerprint density at radius 3 is 2.21 bits per heavy atom. The van der Waals surface area contributed by atoms with Crippen LogP contribution in [0.5, 0.6) is 0 Å². The molecule has 0 saturated carbocycles. The molecule has 0 aliphatic carbocycles. The lowest BCUT2D eigenvalue weighted by Gasteiger charge is -2.11. The van der Waals surface area contributed by atoms with Gasteiger partial charge in [0, 0.05) is 12.2 Å². The second kappa shape index (κ2) is 9.29. The molecule has 0 fully saturated rings. The van der Waals surface area contributed by atoms with Gasteiger partial charge in [-0.15, -0.1) is 0 Å². The van der Waals surface area contributed by atoms with Crippen molar-refractivity contribution in [2.75, 3.05) is 6.61 Å². The molecule has 6 heteroatoms. The maximum Gasteiger partial charge on any atom is 0.384 e. The topological polar surface area (TPSA) is 93.1 Å². The molecule has 0 spiro atoms. The van der Waals surface area contributed by atoms with Crippen LogP contribution < -0.4 is 0 Å². The predicted molar refractivity (Wildman–Crippen MR) is 67.7 cm³/mol. The maximum atomic E-state index is 11.4. The molecular weight excluding hydrogens is 252 g/mol. The first kappa shape index (κ1) is 17.3. The van der Waals surface area contributed by atoms with Crippen LogP contribution in [0.1, 0.15) is 32.6 Å². The molecule has 2 N–H and O–H groups in total. The van der Waals surface area contributed by atoms with E-state index in [-0.39, 0.29) is 17.8 Å². The van der Waals surface area contributed by atoms with E-state index in [4.69, 9.17) is 5.11 Å². The normalized spacial score (nSPS) is 11.5. The fraction of sp³-hybridized carbons (Fsp3) is 0.538. The van der Waals surface area contributed by atoms with E-state index in [0.717, 1.165) is 6.42 Å². The molecule has 6 nitrogen and oxygen atoms in total. The minimum atomic E-state index is -1.06. The van der Waals surface area contributed by atoms with Crippen molar-refractivity contribution in [3.8, 4) is 0 Å².